The summed E-state index contributed by atoms with van der Waals surface area (Å²) in [5.74, 6) is 1.71. The fraction of sp³-hybridized carbons (Fsp3) is 0.292. The van der Waals surface area contributed by atoms with Crippen LogP contribution in [-0.4, -0.2) is 36.0 Å². The Balaban J connectivity index is 1.51. The van der Waals surface area contributed by atoms with Crippen LogP contribution >= 0.6 is 0 Å². The molecule has 31 heavy (non-hydrogen) atoms. The van der Waals surface area contributed by atoms with Crippen LogP contribution in [0.15, 0.2) is 63.5 Å². The van der Waals surface area contributed by atoms with Gasteiger partial charge in [0.15, 0.2) is 6.54 Å². The summed E-state index contributed by atoms with van der Waals surface area (Å²) in [5.41, 5.74) is 4.90. The summed E-state index contributed by atoms with van der Waals surface area (Å²) >= 11 is 0. The molecule has 1 atom stereocenters. The zero-order valence-corrected chi connectivity index (χ0v) is 18.4. The molecule has 0 bridgehead atoms. The van der Waals surface area contributed by atoms with Crippen molar-refractivity contribution in [2.45, 2.75) is 26.9 Å². The number of hydrogen-bond donors (Lipinski definition) is 1. The van der Waals surface area contributed by atoms with E-state index in [-0.39, 0.29) is 0 Å². The van der Waals surface area contributed by atoms with Gasteiger partial charge >= 0.3 is 0 Å². The summed E-state index contributed by atoms with van der Waals surface area (Å²) in [7, 11) is 4.10. The fourth-order valence-electron chi connectivity index (χ4n) is 3.57. The lowest BCUT2D eigenvalue weighted by Gasteiger charge is -2.17. The molecule has 2 aromatic carbocycles. The summed E-state index contributed by atoms with van der Waals surface area (Å²) in [6.45, 7) is 6.53. The van der Waals surface area contributed by atoms with Crippen molar-refractivity contribution >= 4 is 5.69 Å². The van der Waals surface area contributed by atoms with E-state index < -0.39 is 0 Å². The van der Waals surface area contributed by atoms with E-state index >= 15 is 0 Å². The van der Waals surface area contributed by atoms with E-state index in [1.165, 1.54) is 16.2 Å². The zero-order chi connectivity index (χ0) is 21.8. The highest BCUT2D eigenvalue weighted by atomic mass is 16.5. The quantitative estimate of drug-likeness (QED) is 0.473. The second-order valence-electron chi connectivity index (χ2n) is 7.85. The summed E-state index contributed by atoms with van der Waals surface area (Å²) in [4.78, 5) is 3.45. The maximum atomic E-state index is 6.04. The fourth-order valence-corrected chi connectivity index (χ4v) is 3.57. The Morgan fingerprint density at radius 3 is 2.35 bits per heavy atom. The van der Waals surface area contributed by atoms with Crippen LogP contribution in [0.4, 0.5) is 5.69 Å². The first-order valence-corrected chi connectivity index (χ1v) is 10.5. The van der Waals surface area contributed by atoms with Crippen molar-refractivity contribution in [1.29, 1.82) is 0 Å². The van der Waals surface area contributed by atoms with Crippen LogP contribution in [0.5, 0.6) is 0 Å². The number of aromatic nitrogens is 3. The summed E-state index contributed by atoms with van der Waals surface area (Å²) < 4.78 is 11.5. The maximum Gasteiger partial charge on any atom is 0.271 e. The van der Waals surface area contributed by atoms with E-state index in [1.807, 2.05) is 51.4 Å². The van der Waals surface area contributed by atoms with E-state index in [9.17, 15) is 0 Å². The number of nitrogens with one attached hydrogen (secondary N) is 1. The van der Waals surface area contributed by atoms with Gasteiger partial charge < -0.3 is 18.7 Å². The standard InChI is InChI=1S/C24H27N5O2/c1-5-29(15-18-11-13-20(14-12-18)28(3)4)16-21-25-26-24(30-21)22-17(2)31-27-23(22)19-9-7-6-8-10-19/h6-14H,5,15-16H2,1-4H3/p+1. The topological polar surface area (TPSA) is 72.6 Å². The van der Waals surface area contributed by atoms with Crippen LogP contribution in [0.1, 0.15) is 24.1 Å². The van der Waals surface area contributed by atoms with E-state index in [0.29, 0.717) is 29.8 Å². The Kier molecular flexibility index (Phi) is 6.13. The first kappa shape index (κ1) is 20.8. The molecule has 0 fully saturated rings. The van der Waals surface area contributed by atoms with Gasteiger partial charge in [0.05, 0.1) is 6.54 Å². The zero-order valence-electron chi connectivity index (χ0n) is 18.4. The van der Waals surface area contributed by atoms with Gasteiger partial charge in [0.25, 0.3) is 11.8 Å². The molecule has 0 spiro atoms. The SMILES string of the molecule is CC[NH+](Cc1ccc(N(C)C)cc1)Cc1nnc(-c2c(-c3ccccc3)noc2C)o1. The Hall–Kier alpha value is -3.45. The highest BCUT2D eigenvalue weighted by Crippen LogP contribution is 2.33. The lowest BCUT2D eigenvalue weighted by atomic mass is 10.1. The van der Waals surface area contributed by atoms with Gasteiger partial charge in [-0.05, 0) is 26.0 Å². The summed E-state index contributed by atoms with van der Waals surface area (Å²) in [6, 6.07) is 18.5. The number of hydrogen-bond acceptors (Lipinski definition) is 6. The Morgan fingerprint density at radius 1 is 0.935 bits per heavy atom. The van der Waals surface area contributed by atoms with Crippen LogP contribution in [0, 0.1) is 6.92 Å². The van der Waals surface area contributed by atoms with Crippen molar-refractivity contribution in [1.82, 2.24) is 15.4 Å². The first-order chi connectivity index (χ1) is 15.0. The van der Waals surface area contributed by atoms with E-state index in [1.54, 1.807) is 0 Å². The minimum Gasteiger partial charge on any atom is -0.415 e. The Bertz CT molecular complexity index is 1120. The van der Waals surface area contributed by atoms with E-state index in [0.717, 1.165) is 24.2 Å². The minimum atomic E-state index is 0.443. The van der Waals surface area contributed by atoms with Gasteiger partial charge in [-0.1, -0.05) is 47.6 Å². The molecule has 2 aromatic heterocycles. The molecule has 1 N–H and O–H groups in total. The molecule has 2 heterocycles. The van der Waals surface area contributed by atoms with E-state index in [4.69, 9.17) is 8.94 Å². The molecule has 0 aliphatic heterocycles. The predicted molar refractivity (Wildman–Crippen MR) is 120 cm³/mol. The average molecular weight is 419 g/mol. The third-order valence-electron chi connectivity index (χ3n) is 5.40. The highest BCUT2D eigenvalue weighted by Gasteiger charge is 2.23. The van der Waals surface area contributed by atoms with Gasteiger partial charge in [-0.3, -0.25) is 0 Å². The monoisotopic (exact) mass is 418 g/mol. The van der Waals surface area contributed by atoms with Crippen molar-refractivity contribution < 1.29 is 13.8 Å². The average Bonchev–Trinajstić information content (AvgIpc) is 3.40. The molecule has 7 heteroatoms. The normalized spacial score (nSPS) is 12.1. The van der Waals surface area contributed by atoms with Crippen LogP contribution in [-0.2, 0) is 13.1 Å². The number of rotatable bonds is 8. The molecule has 0 aliphatic carbocycles. The molecule has 0 radical (unpaired) electrons. The molecular formula is C24H28N5O2+. The van der Waals surface area contributed by atoms with Crippen molar-refractivity contribution in [2.75, 3.05) is 25.5 Å². The number of benzene rings is 2. The maximum absolute atomic E-state index is 6.04. The van der Waals surface area contributed by atoms with Gasteiger partial charge in [0.1, 0.15) is 23.6 Å². The third-order valence-corrected chi connectivity index (χ3v) is 5.40. The Labute approximate surface area is 182 Å². The lowest BCUT2D eigenvalue weighted by Crippen LogP contribution is -3.09. The lowest BCUT2D eigenvalue weighted by molar-refractivity contribution is -0.927. The van der Waals surface area contributed by atoms with E-state index in [2.05, 4.69) is 51.4 Å². The highest BCUT2D eigenvalue weighted by molar-refractivity contribution is 5.77. The minimum absolute atomic E-state index is 0.443. The van der Waals surface area contributed by atoms with Gasteiger partial charge in [-0.2, -0.15) is 0 Å². The van der Waals surface area contributed by atoms with Crippen LogP contribution in [0.25, 0.3) is 22.7 Å². The van der Waals surface area contributed by atoms with Crippen molar-refractivity contribution in [2.24, 2.45) is 0 Å². The molecule has 0 saturated heterocycles. The van der Waals surface area contributed by atoms with Gasteiger partial charge in [-0.15, -0.1) is 10.2 Å². The molecule has 0 amide bonds. The molecule has 0 saturated carbocycles. The summed E-state index contributed by atoms with van der Waals surface area (Å²) in [5, 5.41) is 12.8. The van der Waals surface area contributed by atoms with Gasteiger partial charge in [0.2, 0.25) is 0 Å². The molecule has 160 valence electrons. The molecule has 4 rings (SSSR count). The molecule has 4 aromatic rings. The molecule has 1 unspecified atom stereocenters. The van der Waals surface area contributed by atoms with Crippen LogP contribution < -0.4 is 9.80 Å². The molecule has 7 nitrogen and oxygen atoms in total. The largest absolute Gasteiger partial charge is 0.415 e. The number of nitrogens with zero attached hydrogens (tertiary/aromatic N) is 4. The van der Waals surface area contributed by atoms with Crippen molar-refractivity contribution in [3.05, 3.63) is 71.8 Å². The van der Waals surface area contributed by atoms with Gasteiger partial charge in [0, 0.05) is 30.9 Å². The number of aryl methyl sites for hydroxylation is 1. The van der Waals surface area contributed by atoms with Crippen LogP contribution in [0.3, 0.4) is 0 Å². The second-order valence-corrected chi connectivity index (χ2v) is 7.85. The first-order valence-electron chi connectivity index (χ1n) is 10.5. The second kappa shape index (κ2) is 9.14. The van der Waals surface area contributed by atoms with Gasteiger partial charge in [-0.25, -0.2) is 0 Å². The summed E-state index contributed by atoms with van der Waals surface area (Å²) in [6.07, 6.45) is 0. The predicted octanol–water partition coefficient (Wildman–Crippen LogP) is 3.37. The van der Waals surface area contributed by atoms with Crippen molar-refractivity contribution in [3.63, 3.8) is 0 Å². The molecule has 0 aliphatic rings. The molecular weight excluding hydrogens is 390 g/mol. The van der Waals surface area contributed by atoms with Crippen molar-refractivity contribution in [3.8, 4) is 22.7 Å². The Morgan fingerprint density at radius 2 is 1.68 bits per heavy atom. The number of anilines is 1. The smallest absolute Gasteiger partial charge is 0.271 e. The third kappa shape index (κ3) is 4.67. The number of quaternary nitrogens is 1. The van der Waals surface area contributed by atoms with Crippen LogP contribution in [0.2, 0.25) is 0 Å².